The summed E-state index contributed by atoms with van der Waals surface area (Å²) in [6.45, 7) is 3.68. The number of hydrogen-bond acceptors (Lipinski definition) is 4. The van der Waals surface area contributed by atoms with Gasteiger partial charge in [0.15, 0.2) is 0 Å². The van der Waals surface area contributed by atoms with E-state index in [4.69, 9.17) is 0 Å². The van der Waals surface area contributed by atoms with E-state index in [1.54, 1.807) is 25.1 Å². The number of carbonyl (C=O) groups is 2. The van der Waals surface area contributed by atoms with Crippen molar-refractivity contribution in [3.05, 3.63) is 96.3 Å². The normalized spacial score (nSPS) is 12.0. The van der Waals surface area contributed by atoms with Crippen molar-refractivity contribution in [3.8, 4) is 0 Å². The van der Waals surface area contributed by atoms with Crippen LogP contribution in [0.3, 0.4) is 0 Å². The van der Waals surface area contributed by atoms with Crippen LogP contribution in [0.5, 0.6) is 0 Å². The number of amides is 2. The van der Waals surface area contributed by atoms with Crippen LogP contribution in [-0.2, 0) is 26.0 Å². The number of halogens is 1. The molecule has 0 radical (unpaired) electrons. The van der Waals surface area contributed by atoms with Crippen molar-refractivity contribution in [1.82, 2.24) is 10.2 Å². The number of nitrogens with zero attached hydrogens (tertiary/aromatic N) is 2. The van der Waals surface area contributed by atoms with Crippen molar-refractivity contribution in [2.45, 2.75) is 37.6 Å². The van der Waals surface area contributed by atoms with E-state index in [2.05, 4.69) is 5.32 Å². The highest BCUT2D eigenvalue weighted by Gasteiger charge is 2.32. The summed E-state index contributed by atoms with van der Waals surface area (Å²) in [5.74, 6) is -1.39. The van der Waals surface area contributed by atoms with Crippen LogP contribution >= 0.6 is 0 Å². The van der Waals surface area contributed by atoms with Crippen LogP contribution in [0.1, 0.15) is 25.8 Å². The largest absolute Gasteiger partial charge is 0.354 e. The van der Waals surface area contributed by atoms with Crippen LogP contribution in [0.25, 0.3) is 0 Å². The lowest BCUT2D eigenvalue weighted by atomic mass is 10.1. The van der Waals surface area contributed by atoms with Crippen molar-refractivity contribution < 1.29 is 22.4 Å². The SMILES string of the molecule is CCCNC(=O)[C@H](C)N(CCc1ccccc1)C(=O)CN(c1ccc(F)cc1)S(=O)(=O)c1ccccc1. The number of sulfonamides is 1. The van der Waals surface area contributed by atoms with Crippen molar-refractivity contribution in [3.63, 3.8) is 0 Å². The quantitative estimate of drug-likeness (QED) is 0.387. The first-order valence-electron chi connectivity index (χ1n) is 12.2. The molecule has 0 aromatic heterocycles. The summed E-state index contributed by atoms with van der Waals surface area (Å²) in [4.78, 5) is 27.9. The summed E-state index contributed by atoms with van der Waals surface area (Å²) >= 11 is 0. The Morgan fingerprint density at radius 3 is 2.11 bits per heavy atom. The van der Waals surface area contributed by atoms with E-state index in [9.17, 15) is 22.4 Å². The molecule has 0 spiro atoms. The molecule has 0 aliphatic carbocycles. The van der Waals surface area contributed by atoms with Gasteiger partial charge >= 0.3 is 0 Å². The molecule has 37 heavy (non-hydrogen) atoms. The molecule has 0 aliphatic heterocycles. The second kappa shape index (κ2) is 13.0. The topological polar surface area (TPSA) is 86.8 Å². The van der Waals surface area contributed by atoms with Gasteiger partial charge in [-0.3, -0.25) is 13.9 Å². The molecule has 0 fully saturated rings. The molecular weight excluding hydrogens is 493 g/mol. The molecule has 1 atom stereocenters. The fraction of sp³-hybridized carbons (Fsp3) is 0.286. The third-order valence-electron chi connectivity index (χ3n) is 5.93. The number of benzene rings is 3. The van der Waals surface area contributed by atoms with Crippen molar-refractivity contribution in [2.24, 2.45) is 0 Å². The van der Waals surface area contributed by atoms with Crippen molar-refractivity contribution >= 4 is 27.5 Å². The first-order valence-corrected chi connectivity index (χ1v) is 13.6. The Labute approximate surface area is 218 Å². The lowest BCUT2D eigenvalue weighted by Crippen LogP contribution is -2.52. The number of rotatable bonds is 12. The minimum atomic E-state index is -4.16. The van der Waals surface area contributed by atoms with Crippen molar-refractivity contribution in [2.75, 3.05) is 23.9 Å². The Balaban J connectivity index is 1.94. The molecule has 0 saturated heterocycles. The van der Waals surface area contributed by atoms with E-state index in [0.717, 1.165) is 28.4 Å². The van der Waals surface area contributed by atoms with Crippen LogP contribution in [0, 0.1) is 5.82 Å². The Morgan fingerprint density at radius 1 is 0.919 bits per heavy atom. The highest BCUT2D eigenvalue weighted by Crippen LogP contribution is 2.24. The zero-order valence-electron chi connectivity index (χ0n) is 21.0. The molecule has 3 aromatic rings. The van der Waals surface area contributed by atoms with Gasteiger partial charge in [0.2, 0.25) is 11.8 Å². The van der Waals surface area contributed by atoms with Crippen LogP contribution in [-0.4, -0.2) is 50.8 Å². The van der Waals surface area contributed by atoms with Crippen LogP contribution < -0.4 is 9.62 Å². The Hall–Kier alpha value is -3.72. The lowest BCUT2D eigenvalue weighted by Gasteiger charge is -2.32. The fourth-order valence-electron chi connectivity index (χ4n) is 3.82. The van der Waals surface area contributed by atoms with Gasteiger partial charge in [-0.15, -0.1) is 0 Å². The molecule has 3 rings (SSSR count). The maximum atomic E-state index is 13.7. The van der Waals surface area contributed by atoms with E-state index >= 15 is 0 Å². The maximum absolute atomic E-state index is 13.7. The predicted molar refractivity (Wildman–Crippen MR) is 142 cm³/mol. The van der Waals surface area contributed by atoms with Gasteiger partial charge in [-0.05, 0) is 61.7 Å². The Bertz CT molecular complexity index is 1270. The Kier molecular flexibility index (Phi) is 9.79. The molecule has 3 aromatic carbocycles. The van der Waals surface area contributed by atoms with Crippen molar-refractivity contribution in [1.29, 1.82) is 0 Å². The molecule has 2 amide bonds. The zero-order chi connectivity index (χ0) is 26.8. The zero-order valence-corrected chi connectivity index (χ0v) is 21.8. The predicted octanol–water partition coefficient (Wildman–Crippen LogP) is 4.01. The molecule has 0 bridgehead atoms. The molecule has 0 unspecified atom stereocenters. The van der Waals surface area contributed by atoms with Gasteiger partial charge in [0.05, 0.1) is 10.6 Å². The summed E-state index contributed by atoms with van der Waals surface area (Å²) in [5, 5.41) is 2.81. The molecule has 196 valence electrons. The summed E-state index contributed by atoms with van der Waals surface area (Å²) in [7, 11) is -4.16. The molecule has 9 heteroatoms. The fourth-order valence-corrected chi connectivity index (χ4v) is 5.26. The van der Waals surface area contributed by atoms with Gasteiger partial charge in [-0.25, -0.2) is 12.8 Å². The Morgan fingerprint density at radius 2 is 1.51 bits per heavy atom. The maximum Gasteiger partial charge on any atom is 0.264 e. The standard InChI is InChI=1S/C28H32FN3O4S/c1-3-19-30-28(34)22(2)31(20-18-23-10-6-4-7-11-23)27(33)21-32(25-16-14-24(29)15-17-25)37(35,36)26-12-8-5-9-13-26/h4-17,22H,3,18-21H2,1-2H3,(H,30,34)/t22-/m0/s1. The van der Waals surface area contributed by atoms with E-state index in [0.29, 0.717) is 13.0 Å². The average molecular weight is 526 g/mol. The molecular formula is C28H32FN3O4S. The minimum Gasteiger partial charge on any atom is -0.354 e. The first kappa shape index (κ1) is 27.9. The van der Waals surface area contributed by atoms with Gasteiger partial charge in [-0.2, -0.15) is 0 Å². The van der Waals surface area contributed by atoms with E-state index in [-0.39, 0.29) is 23.0 Å². The second-order valence-corrected chi connectivity index (χ2v) is 10.5. The minimum absolute atomic E-state index is 0.00306. The lowest BCUT2D eigenvalue weighted by molar-refractivity contribution is -0.138. The van der Waals surface area contributed by atoms with Gasteiger partial charge in [0.25, 0.3) is 10.0 Å². The third kappa shape index (κ3) is 7.39. The van der Waals surface area contributed by atoms with Gasteiger partial charge in [0.1, 0.15) is 18.4 Å². The summed E-state index contributed by atoms with van der Waals surface area (Å²) in [6.07, 6.45) is 1.23. The van der Waals surface area contributed by atoms with Gasteiger partial charge < -0.3 is 10.2 Å². The highest BCUT2D eigenvalue weighted by atomic mass is 32.2. The average Bonchev–Trinajstić information content (AvgIpc) is 2.92. The van der Waals surface area contributed by atoms with E-state index in [1.165, 1.54) is 29.2 Å². The molecule has 7 nitrogen and oxygen atoms in total. The summed E-state index contributed by atoms with van der Waals surface area (Å²) in [5.41, 5.74) is 1.12. The number of hydrogen-bond donors (Lipinski definition) is 1. The van der Waals surface area contributed by atoms with E-state index < -0.39 is 34.3 Å². The molecule has 0 heterocycles. The molecule has 0 aliphatic rings. The molecule has 1 N–H and O–H groups in total. The van der Waals surface area contributed by atoms with Crippen LogP contribution in [0.4, 0.5) is 10.1 Å². The van der Waals surface area contributed by atoms with Crippen LogP contribution in [0.2, 0.25) is 0 Å². The van der Waals surface area contributed by atoms with E-state index in [1.807, 2.05) is 37.3 Å². The number of carbonyl (C=O) groups excluding carboxylic acids is 2. The van der Waals surface area contributed by atoms with Gasteiger partial charge in [-0.1, -0.05) is 55.5 Å². The number of nitrogens with one attached hydrogen (secondary N) is 1. The monoisotopic (exact) mass is 525 g/mol. The highest BCUT2D eigenvalue weighted by molar-refractivity contribution is 7.92. The van der Waals surface area contributed by atoms with Gasteiger partial charge in [0, 0.05) is 13.1 Å². The summed E-state index contributed by atoms with van der Waals surface area (Å²) in [6, 6.07) is 21.3. The smallest absolute Gasteiger partial charge is 0.264 e. The summed E-state index contributed by atoms with van der Waals surface area (Å²) < 4.78 is 41.8. The molecule has 0 saturated carbocycles. The third-order valence-corrected chi connectivity index (χ3v) is 7.71. The number of anilines is 1. The van der Waals surface area contributed by atoms with Crippen LogP contribution in [0.15, 0.2) is 89.8 Å². The first-order chi connectivity index (χ1) is 17.7. The second-order valence-electron chi connectivity index (χ2n) is 8.59.